The van der Waals surface area contributed by atoms with E-state index in [0.29, 0.717) is 22.3 Å². The molecule has 0 bridgehead atoms. The van der Waals surface area contributed by atoms with Gasteiger partial charge in [-0.3, -0.25) is 9.69 Å². The molecule has 2 aromatic rings. The van der Waals surface area contributed by atoms with Gasteiger partial charge in [0.1, 0.15) is 0 Å². The predicted molar refractivity (Wildman–Crippen MR) is 95.3 cm³/mol. The number of hydrogen-bond donors (Lipinski definition) is 1. The summed E-state index contributed by atoms with van der Waals surface area (Å²) in [6.45, 7) is 2.48. The number of thiophene rings is 1. The Morgan fingerprint density at radius 1 is 1.27 bits per heavy atom. The van der Waals surface area contributed by atoms with E-state index in [1.54, 1.807) is 18.2 Å². The maximum Gasteiger partial charge on any atom is 0.241 e. The van der Waals surface area contributed by atoms with Crippen LogP contribution in [0.1, 0.15) is 11.8 Å². The van der Waals surface area contributed by atoms with Crippen LogP contribution in [0.25, 0.3) is 0 Å². The van der Waals surface area contributed by atoms with Gasteiger partial charge >= 0.3 is 0 Å². The predicted octanol–water partition coefficient (Wildman–Crippen LogP) is 5.17. The van der Waals surface area contributed by atoms with Crippen LogP contribution in [0.5, 0.6) is 0 Å². The number of nitrogens with zero attached hydrogens (tertiary/aromatic N) is 1. The lowest BCUT2D eigenvalue weighted by Gasteiger charge is -2.23. The van der Waals surface area contributed by atoms with Crippen molar-refractivity contribution in [3.63, 3.8) is 0 Å². The number of rotatable bonds is 5. The molecule has 1 atom stereocenters. The molecule has 0 aliphatic carbocycles. The van der Waals surface area contributed by atoms with E-state index in [-0.39, 0.29) is 11.9 Å². The number of halogens is 3. The van der Waals surface area contributed by atoms with Gasteiger partial charge < -0.3 is 5.32 Å². The molecule has 0 aliphatic rings. The number of likely N-dealkylation sites (N-methyl/N-ethyl adjacent to an activating group) is 1. The minimum atomic E-state index is -0.323. The lowest BCUT2D eigenvalue weighted by molar-refractivity contribution is -0.120. The van der Waals surface area contributed by atoms with Crippen LogP contribution in [0, 0.1) is 0 Å². The van der Waals surface area contributed by atoms with Crippen LogP contribution in [-0.4, -0.2) is 23.9 Å². The Bertz CT molecular complexity index is 675. The SMILES string of the molecule is CC(C(=O)Nc1cc(Cl)ccc1Cl)N(C)Cc1ccc(Cl)s1. The minimum Gasteiger partial charge on any atom is -0.323 e. The standard InChI is InChI=1S/C15H15Cl3N2OS/c1-9(20(2)8-11-4-6-14(18)22-11)15(21)19-13-7-10(16)3-5-12(13)17/h3-7,9H,8H2,1-2H3,(H,19,21). The van der Waals surface area contributed by atoms with E-state index >= 15 is 0 Å². The summed E-state index contributed by atoms with van der Waals surface area (Å²) in [5.41, 5.74) is 0.513. The lowest BCUT2D eigenvalue weighted by atomic mass is 10.2. The van der Waals surface area contributed by atoms with Crippen molar-refractivity contribution in [1.29, 1.82) is 0 Å². The second-order valence-electron chi connectivity index (χ2n) is 4.91. The Hall–Kier alpha value is -0.780. The molecule has 0 radical (unpaired) electrons. The first-order valence-electron chi connectivity index (χ1n) is 6.57. The molecule has 1 unspecified atom stereocenters. The maximum absolute atomic E-state index is 12.3. The lowest BCUT2D eigenvalue weighted by Crippen LogP contribution is -2.39. The summed E-state index contributed by atoms with van der Waals surface area (Å²) in [7, 11) is 1.89. The van der Waals surface area contributed by atoms with Crippen LogP contribution >= 0.6 is 46.1 Å². The highest BCUT2D eigenvalue weighted by Gasteiger charge is 2.19. The average Bonchev–Trinajstić information content (AvgIpc) is 2.87. The number of carbonyl (C=O) groups is 1. The van der Waals surface area contributed by atoms with Gasteiger partial charge in [0, 0.05) is 16.4 Å². The van der Waals surface area contributed by atoms with Crippen LogP contribution in [0.15, 0.2) is 30.3 Å². The third-order valence-electron chi connectivity index (χ3n) is 3.26. The van der Waals surface area contributed by atoms with Gasteiger partial charge in [-0.15, -0.1) is 11.3 Å². The van der Waals surface area contributed by atoms with Crippen LogP contribution in [0.2, 0.25) is 14.4 Å². The molecule has 0 saturated heterocycles. The smallest absolute Gasteiger partial charge is 0.241 e. The Labute approximate surface area is 148 Å². The zero-order valence-electron chi connectivity index (χ0n) is 12.1. The van der Waals surface area contributed by atoms with E-state index in [4.69, 9.17) is 34.8 Å². The molecule has 1 N–H and O–H groups in total. The molecular formula is C15H15Cl3N2OS. The van der Waals surface area contributed by atoms with Crippen molar-refractivity contribution in [3.8, 4) is 0 Å². The summed E-state index contributed by atoms with van der Waals surface area (Å²) in [5, 5.41) is 3.78. The molecule has 1 aromatic heterocycles. The summed E-state index contributed by atoms with van der Waals surface area (Å²) in [6, 6.07) is 8.45. The third-order valence-corrected chi connectivity index (χ3v) is 5.04. The Morgan fingerprint density at radius 2 is 2.00 bits per heavy atom. The number of amides is 1. The highest BCUT2D eigenvalue weighted by atomic mass is 35.5. The van der Waals surface area contributed by atoms with Crippen molar-refractivity contribution in [2.45, 2.75) is 19.5 Å². The van der Waals surface area contributed by atoms with Crippen LogP contribution in [0.3, 0.4) is 0 Å². The normalized spacial score (nSPS) is 12.5. The first kappa shape index (κ1) is 17.6. The van der Waals surface area contributed by atoms with E-state index < -0.39 is 0 Å². The Kier molecular flexibility index (Phi) is 6.12. The van der Waals surface area contributed by atoms with Crippen LogP contribution < -0.4 is 5.32 Å². The van der Waals surface area contributed by atoms with Crippen molar-refractivity contribution >= 4 is 57.7 Å². The minimum absolute atomic E-state index is 0.144. The molecule has 0 fully saturated rings. The fourth-order valence-electron chi connectivity index (χ4n) is 1.85. The largest absolute Gasteiger partial charge is 0.323 e. The van der Waals surface area contributed by atoms with Crippen molar-refractivity contribution in [2.24, 2.45) is 0 Å². The molecule has 3 nitrogen and oxygen atoms in total. The molecule has 0 spiro atoms. The molecule has 0 saturated carbocycles. The second kappa shape index (κ2) is 7.66. The van der Waals surface area contributed by atoms with Crippen molar-refractivity contribution in [1.82, 2.24) is 4.90 Å². The van der Waals surface area contributed by atoms with Gasteiger partial charge in [-0.2, -0.15) is 0 Å². The molecule has 22 heavy (non-hydrogen) atoms. The van der Waals surface area contributed by atoms with Crippen molar-refractivity contribution in [2.75, 3.05) is 12.4 Å². The van der Waals surface area contributed by atoms with Crippen LogP contribution in [-0.2, 0) is 11.3 Å². The molecule has 2 rings (SSSR count). The summed E-state index contributed by atoms with van der Waals surface area (Å²) in [5.74, 6) is -0.144. The number of hydrogen-bond acceptors (Lipinski definition) is 3. The van der Waals surface area contributed by atoms with E-state index in [2.05, 4.69) is 5.32 Å². The third kappa shape index (κ3) is 4.61. The van der Waals surface area contributed by atoms with Gasteiger partial charge in [0.25, 0.3) is 0 Å². The summed E-state index contributed by atoms with van der Waals surface area (Å²) in [4.78, 5) is 15.4. The Balaban J connectivity index is 2.00. The molecule has 118 valence electrons. The molecular weight excluding hydrogens is 363 g/mol. The first-order valence-corrected chi connectivity index (χ1v) is 8.52. The number of benzene rings is 1. The molecule has 7 heteroatoms. The summed E-state index contributed by atoms with van der Waals surface area (Å²) < 4.78 is 0.742. The van der Waals surface area contributed by atoms with Crippen molar-refractivity contribution < 1.29 is 4.79 Å². The summed E-state index contributed by atoms with van der Waals surface area (Å²) >= 11 is 19.4. The van der Waals surface area contributed by atoms with Gasteiger partial charge in [0.05, 0.1) is 21.1 Å². The zero-order chi connectivity index (χ0) is 16.3. The van der Waals surface area contributed by atoms with Gasteiger partial charge in [-0.05, 0) is 44.3 Å². The van der Waals surface area contributed by atoms with Gasteiger partial charge in [-0.25, -0.2) is 0 Å². The highest BCUT2D eigenvalue weighted by molar-refractivity contribution is 7.16. The molecule has 1 aromatic carbocycles. The number of anilines is 1. The van der Waals surface area contributed by atoms with Gasteiger partial charge in [-0.1, -0.05) is 34.8 Å². The first-order chi connectivity index (χ1) is 10.4. The van der Waals surface area contributed by atoms with Crippen molar-refractivity contribution in [3.05, 3.63) is 49.6 Å². The number of carbonyl (C=O) groups excluding carboxylic acids is 1. The fourth-order valence-corrected chi connectivity index (χ4v) is 3.34. The summed E-state index contributed by atoms with van der Waals surface area (Å²) in [6.07, 6.45) is 0. The van der Waals surface area contributed by atoms with E-state index in [0.717, 1.165) is 9.21 Å². The molecule has 1 amide bonds. The topological polar surface area (TPSA) is 32.3 Å². The van der Waals surface area contributed by atoms with E-state index in [1.807, 2.05) is 31.0 Å². The number of nitrogens with one attached hydrogen (secondary N) is 1. The van der Waals surface area contributed by atoms with E-state index in [9.17, 15) is 4.79 Å². The fraction of sp³-hybridized carbons (Fsp3) is 0.267. The monoisotopic (exact) mass is 376 g/mol. The van der Waals surface area contributed by atoms with Gasteiger partial charge in [0.15, 0.2) is 0 Å². The van der Waals surface area contributed by atoms with Gasteiger partial charge in [0.2, 0.25) is 5.91 Å². The quantitative estimate of drug-likeness (QED) is 0.780. The maximum atomic E-state index is 12.3. The second-order valence-corrected chi connectivity index (χ2v) is 7.55. The molecule has 1 heterocycles. The zero-order valence-corrected chi connectivity index (χ0v) is 15.2. The van der Waals surface area contributed by atoms with Crippen LogP contribution in [0.4, 0.5) is 5.69 Å². The van der Waals surface area contributed by atoms with E-state index in [1.165, 1.54) is 11.3 Å². The highest BCUT2D eigenvalue weighted by Crippen LogP contribution is 2.26. The molecule has 0 aliphatic heterocycles. The Morgan fingerprint density at radius 3 is 2.64 bits per heavy atom. The average molecular weight is 378 g/mol.